The lowest BCUT2D eigenvalue weighted by Gasteiger charge is -2.12. The van der Waals surface area contributed by atoms with E-state index in [9.17, 15) is 33.2 Å². The van der Waals surface area contributed by atoms with Gasteiger partial charge in [-0.3, -0.25) is 14.9 Å². The molecule has 4 aromatic rings. The van der Waals surface area contributed by atoms with Crippen molar-refractivity contribution in [2.24, 2.45) is 5.10 Å². The fourth-order valence-electron chi connectivity index (χ4n) is 3.22. The maximum absolute atomic E-state index is 13.3. The molecule has 0 saturated heterocycles. The molecule has 172 valence electrons. The molecule has 12 heteroatoms. The minimum Gasteiger partial charge on any atom is -0.502 e. The number of aromatic hydroxyl groups is 1. The summed E-state index contributed by atoms with van der Waals surface area (Å²) in [5, 5.41) is 25.6. The average Bonchev–Trinajstić information content (AvgIpc) is 2.79. The summed E-state index contributed by atoms with van der Waals surface area (Å²) in [4.78, 5) is 27.9. The Kier molecular flexibility index (Phi) is 5.92. The van der Waals surface area contributed by atoms with Crippen LogP contribution in [0.2, 0.25) is 0 Å². The summed E-state index contributed by atoms with van der Waals surface area (Å²) in [7, 11) is 0. The molecule has 1 heterocycles. The van der Waals surface area contributed by atoms with Crippen LogP contribution in [0.3, 0.4) is 0 Å². The lowest BCUT2D eigenvalue weighted by atomic mass is 10.1. The van der Waals surface area contributed by atoms with Crippen molar-refractivity contribution in [2.75, 3.05) is 0 Å². The Morgan fingerprint density at radius 3 is 2.56 bits per heavy atom. The molecule has 0 fully saturated rings. The lowest BCUT2D eigenvalue weighted by Crippen LogP contribution is -2.20. The van der Waals surface area contributed by atoms with E-state index in [2.05, 4.69) is 26.0 Å². The quantitative estimate of drug-likeness (QED) is 0.216. The molecule has 0 saturated carbocycles. The van der Waals surface area contributed by atoms with Crippen molar-refractivity contribution in [1.29, 1.82) is 0 Å². The molecule has 0 aliphatic heterocycles. The van der Waals surface area contributed by atoms with Gasteiger partial charge in [0, 0.05) is 21.7 Å². The van der Waals surface area contributed by atoms with Crippen molar-refractivity contribution in [2.45, 2.75) is 6.18 Å². The first-order valence-corrected chi connectivity index (χ1v) is 10.3. The van der Waals surface area contributed by atoms with Gasteiger partial charge in [0.2, 0.25) is 5.75 Å². The largest absolute Gasteiger partial charge is 0.502 e. The van der Waals surface area contributed by atoms with Crippen molar-refractivity contribution >= 4 is 38.7 Å². The van der Waals surface area contributed by atoms with Crippen LogP contribution in [-0.2, 0) is 6.18 Å². The Labute approximate surface area is 196 Å². The predicted octanol–water partition coefficient (Wildman–Crippen LogP) is 5.34. The summed E-state index contributed by atoms with van der Waals surface area (Å²) in [6, 6.07) is 12.9. The average molecular weight is 533 g/mol. The van der Waals surface area contributed by atoms with Gasteiger partial charge in [-0.25, -0.2) is 4.98 Å². The van der Waals surface area contributed by atoms with Crippen LogP contribution in [0.1, 0.15) is 11.1 Å². The Bertz CT molecular complexity index is 1530. The van der Waals surface area contributed by atoms with Crippen LogP contribution < -0.4 is 5.56 Å². The van der Waals surface area contributed by atoms with Crippen LogP contribution in [0.4, 0.5) is 18.9 Å². The number of nitrogens with zero attached hydrogens (tertiary/aromatic N) is 4. The molecule has 0 amide bonds. The van der Waals surface area contributed by atoms with Crippen LogP contribution in [-0.4, -0.2) is 25.9 Å². The molecular formula is C22H12BrF3N4O4. The first-order chi connectivity index (χ1) is 16.1. The zero-order valence-electron chi connectivity index (χ0n) is 16.8. The van der Waals surface area contributed by atoms with Crippen LogP contribution >= 0.6 is 15.9 Å². The molecule has 0 radical (unpaired) electrons. The molecule has 0 bridgehead atoms. The van der Waals surface area contributed by atoms with E-state index in [1.165, 1.54) is 30.3 Å². The van der Waals surface area contributed by atoms with Crippen LogP contribution in [0.25, 0.3) is 22.3 Å². The summed E-state index contributed by atoms with van der Waals surface area (Å²) in [6.45, 7) is 0. The van der Waals surface area contributed by atoms with Crippen LogP contribution in [0.5, 0.6) is 5.75 Å². The van der Waals surface area contributed by atoms with Gasteiger partial charge >= 0.3 is 11.9 Å². The number of nitro benzene ring substituents is 1. The number of nitro groups is 1. The number of hydrogen-bond donors (Lipinski definition) is 1. The number of alkyl halides is 3. The third-order valence-electron chi connectivity index (χ3n) is 4.79. The molecule has 0 unspecified atom stereocenters. The number of benzene rings is 3. The molecule has 3 aromatic carbocycles. The molecule has 4 rings (SSSR count). The van der Waals surface area contributed by atoms with Crippen LogP contribution in [0.15, 0.2) is 75.0 Å². The topological polar surface area (TPSA) is 111 Å². The monoisotopic (exact) mass is 532 g/mol. The summed E-state index contributed by atoms with van der Waals surface area (Å²) in [5.74, 6) is -0.880. The highest BCUT2D eigenvalue weighted by molar-refractivity contribution is 9.10. The normalized spacial score (nSPS) is 11.9. The fourth-order valence-corrected chi connectivity index (χ4v) is 3.68. The third-order valence-corrected chi connectivity index (χ3v) is 5.25. The first kappa shape index (κ1) is 23.1. The van der Waals surface area contributed by atoms with Gasteiger partial charge in [-0.1, -0.05) is 40.2 Å². The molecule has 1 N–H and O–H groups in total. The third kappa shape index (κ3) is 4.39. The van der Waals surface area contributed by atoms with E-state index in [0.717, 1.165) is 29.1 Å². The minimum absolute atomic E-state index is 0.0285. The molecule has 8 nitrogen and oxygen atoms in total. The molecule has 0 aliphatic rings. The fraction of sp³-hybridized carbons (Fsp3) is 0.0455. The molecule has 34 heavy (non-hydrogen) atoms. The lowest BCUT2D eigenvalue weighted by molar-refractivity contribution is -0.385. The highest BCUT2D eigenvalue weighted by Crippen LogP contribution is 2.33. The number of phenols is 1. The van der Waals surface area contributed by atoms with E-state index in [0.29, 0.717) is 0 Å². The summed E-state index contributed by atoms with van der Waals surface area (Å²) < 4.78 is 40.8. The summed E-state index contributed by atoms with van der Waals surface area (Å²) in [5.41, 5.74) is -2.11. The number of rotatable bonds is 4. The molecule has 0 atom stereocenters. The van der Waals surface area contributed by atoms with Crippen molar-refractivity contribution in [3.8, 4) is 17.1 Å². The maximum Gasteiger partial charge on any atom is 0.416 e. The van der Waals surface area contributed by atoms with Gasteiger partial charge in [-0.15, -0.1) is 0 Å². The molecule has 0 aliphatic carbocycles. The number of para-hydroxylation sites is 1. The number of halogens is 4. The van der Waals surface area contributed by atoms with Crippen molar-refractivity contribution < 1.29 is 23.2 Å². The zero-order valence-corrected chi connectivity index (χ0v) is 18.4. The number of aromatic nitrogens is 2. The van der Waals surface area contributed by atoms with Crippen molar-refractivity contribution in [3.63, 3.8) is 0 Å². The van der Waals surface area contributed by atoms with Crippen LogP contribution in [0, 0.1) is 10.1 Å². The van der Waals surface area contributed by atoms with E-state index >= 15 is 0 Å². The van der Waals surface area contributed by atoms with Gasteiger partial charge < -0.3 is 5.11 Å². The SMILES string of the molecule is O=c1c2ccccc2nc(-c2cccc(C(F)(F)F)c2)n1N=Cc1cc(Br)cc([N+](=O)[O-])c1O. The van der Waals surface area contributed by atoms with Gasteiger partial charge in [-0.05, 0) is 30.3 Å². The number of hydrogen-bond acceptors (Lipinski definition) is 6. The smallest absolute Gasteiger partial charge is 0.416 e. The Morgan fingerprint density at radius 2 is 1.85 bits per heavy atom. The zero-order chi connectivity index (χ0) is 24.6. The van der Waals surface area contributed by atoms with E-state index in [1.54, 1.807) is 12.1 Å². The van der Waals surface area contributed by atoms with Gasteiger partial charge in [0.15, 0.2) is 5.82 Å². The Hall–Kier alpha value is -4.06. The van der Waals surface area contributed by atoms with E-state index < -0.39 is 33.7 Å². The van der Waals surface area contributed by atoms with Gasteiger partial charge in [0.25, 0.3) is 5.56 Å². The molecule has 0 spiro atoms. The summed E-state index contributed by atoms with van der Waals surface area (Å²) in [6.07, 6.45) is -3.63. The Morgan fingerprint density at radius 1 is 1.12 bits per heavy atom. The van der Waals surface area contributed by atoms with E-state index in [-0.39, 0.29) is 32.3 Å². The highest BCUT2D eigenvalue weighted by Gasteiger charge is 2.31. The maximum atomic E-state index is 13.3. The highest BCUT2D eigenvalue weighted by atomic mass is 79.9. The standard InChI is InChI=1S/C22H12BrF3N4O4/c23-15-9-13(19(31)18(10-15)30(33)34)11-27-29-20(12-4-3-5-14(8-12)22(24,25)26)28-17-7-2-1-6-16(17)21(29)32/h1-11,31H. The van der Waals surface area contributed by atoms with Gasteiger partial charge in [0.05, 0.1) is 27.6 Å². The number of fused-ring (bicyclic) bond motifs is 1. The second-order valence-corrected chi connectivity index (χ2v) is 7.93. The second-order valence-electron chi connectivity index (χ2n) is 7.01. The summed E-state index contributed by atoms with van der Waals surface area (Å²) >= 11 is 3.10. The van der Waals surface area contributed by atoms with E-state index in [4.69, 9.17) is 0 Å². The molecule has 1 aromatic heterocycles. The first-order valence-electron chi connectivity index (χ1n) is 9.47. The van der Waals surface area contributed by atoms with E-state index in [1.807, 2.05) is 0 Å². The van der Waals surface area contributed by atoms with Crippen molar-refractivity contribution in [1.82, 2.24) is 9.66 Å². The van der Waals surface area contributed by atoms with Gasteiger partial charge in [-0.2, -0.15) is 22.9 Å². The van der Waals surface area contributed by atoms with Crippen molar-refractivity contribution in [3.05, 3.63) is 96.7 Å². The molecular weight excluding hydrogens is 521 g/mol. The minimum atomic E-state index is -4.62. The Balaban J connectivity index is 1.96. The second kappa shape index (κ2) is 8.71. The van der Waals surface area contributed by atoms with Gasteiger partial charge in [0.1, 0.15) is 0 Å². The number of phenolic OH excluding ortho intramolecular Hbond substituents is 1. The predicted molar refractivity (Wildman–Crippen MR) is 122 cm³/mol.